The van der Waals surface area contributed by atoms with Crippen molar-refractivity contribution in [1.82, 2.24) is 9.80 Å². The molecule has 4 rings (SSSR count). The summed E-state index contributed by atoms with van der Waals surface area (Å²) in [6, 6.07) is 9.99. The summed E-state index contributed by atoms with van der Waals surface area (Å²) >= 11 is 0. The van der Waals surface area contributed by atoms with E-state index in [0.717, 1.165) is 43.7 Å². The van der Waals surface area contributed by atoms with Gasteiger partial charge in [0.15, 0.2) is 11.5 Å². The largest absolute Gasteiger partial charge is 0.503 e. The van der Waals surface area contributed by atoms with Crippen molar-refractivity contribution < 1.29 is 23.8 Å². The van der Waals surface area contributed by atoms with Crippen molar-refractivity contribution in [2.45, 2.75) is 45.6 Å². The molecule has 1 fully saturated rings. The van der Waals surface area contributed by atoms with Crippen molar-refractivity contribution in [3.63, 3.8) is 0 Å². The second-order valence-electron chi connectivity index (χ2n) is 8.72. The van der Waals surface area contributed by atoms with Gasteiger partial charge in [-0.05, 0) is 69.1 Å². The van der Waals surface area contributed by atoms with Crippen molar-refractivity contribution in [3.8, 4) is 5.75 Å². The van der Waals surface area contributed by atoms with E-state index in [-0.39, 0.29) is 11.3 Å². The number of aryl methyl sites for hydroxylation is 1. The molecule has 2 aromatic rings. The van der Waals surface area contributed by atoms with Gasteiger partial charge in [0.1, 0.15) is 11.5 Å². The van der Waals surface area contributed by atoms with Crippen LogP contribution in [-0.4, -0.2) is 59.4 Å². The molecule has 2 aliphatic rings. The molecule has 0 saturated carbocycles. The molecule has 1 N–H and O–H groups in total. The highest BCUT2D eigenvalue weighted by atomic mass is 16.5. The minimum atomic E-state index is -0.680. The summed E-state index contributed by atoms with van der Waals surface area (Å²) in [5.41, 5.74) is 0.816. The van der Waals surface area contributed by atoms with Crippen LogP contribution in [0, 0.1) is 6.92 Å². The van der Waals surface area contributed by atoms with E-state index in [4.69, 9.17) is 9.15 Å². The van der Waals surface area contributed by atoms with Crippen LogP contribution in [0.25, 0.3) is 0 Å². The van der Waals surface area contributed by atoms with Crippen LogP contribution in [0.4, 0.5) is 0 Å². The molecular weight excluding hydrogens is 420 g/mol. The van der Waals surface area contributed by atoms with E-state index in [1.165, 1.54) is 6.42 Å². The topological polar surface area (TPSA) is 83.2 Å². The monoisotopic (exact) mass is 452 g/mol. The third kappa shape index (κ3) is 4.98. The quantitative estimate of drug-likeness (QED) is 0.567. The molecule has 0 spiro atoms. The van der Waals surface area contributed by atoms with Crippen LogP contribution >= 0.6 is 0 Å². The van der Waals surface area contributed by atoms with Crippen molar-refractivity contribution in [2.75, 3.05) is 32.8 Å². The third-order valence-electron chi connectivity index (χ3n) is 6.29. The number of hydrogen-bond acceptors (Lipinski definition) is 6. The molecule has 2 aliphatic heterocycles. The first kappa shape index (κ1) is 23.1. The first-order chi connectivity index (χ1) is 16.0. The van der Waals surface area contributed by atoms with Gasteiger partial charge in [-0.2, -0.15) is 0 Å². The lowest BCUT2D eigenvalue weighted by molar-refractivity contribution is -0.129. The number of aliphatic hydroxyl groups excluding tert-OH is 1. The number of carbonyl (C=O) groups is 2. The molecule has 176 valence electrons. The highest BCUT2D eigenvalue weighted by Gasteiger charge is 2.44. The number of likely N-dealkylation sites (tertiary alicyclic amines) is 1. The number of rotatable bonds is 9. The maximum atomic E-state index is 13.3. The van der Waals surface area contributed by atoms with Gasteiger partial charge >= 0.3 is 0 Å². The van der Waals surface area contributed by atoms with E-state index in [2.05, 4.69) is 4.90 Å². The van der Waals surface area contributed by atoms with Crippen LogP contribution in [0.1, 0.15) is 60.5 Å². The standard InChI is InChI=1S/C26H32N2O5/c1-3-17-32-20-10-8-19(9-11-20)23-22(24(29)21-12-7-18(2)33-21)25(30)26(31)28(23)16-15-27-13-5-4-6-14-27/h7-12,23,30H,3-6,13-17H2,1-2H3. The zero-order valence-corrected chi connectivity index (χ0v) is 19.4. The van der Waals surface area contributed by atoms with Crippen LogP contribution in [0.2, 0.25) is 0 Å². The molecule has 0 aliphatic carbocycles. The maximum absolute atomic E-state index is 13.3. The van der Waals surface area contributed by atoms with Gasteiger partial charge in [-0.1, -0.05) is 25.5 Å². The summed E-state index contributed by atoms with van der Waals surface area (Å²) in [5.74, 6) is -0.0384. The fraction of sp³-hybridized carbons (Fsp3) is 0.462. The molecule has 33 heavy (non-hydrogen) atoms. The molecule has 0 radical (unpaired) electrons. The molecule has 3 heterocycles. The molecule has 1 aromatic carbocycles. The predicted octanol–water partition coefficient (Wildman–Crippen LogP) is 4.44. The zero-order chi connectivity index (χ0) is 23.4. The Kier molecular flexibility index (Phi) is 7.18. The van der Waals surface area contributed by atoms with Gasteiger partial charge < -0.3 is 24.1 Å². The summed E-state index contributed by atoms with van der Waals surface area (Å²) in [4.78, 5) is 30.4. The Balaban J connectivity index is 1.64. The van der Waals surface area contributed by atoms with Crippen molar-refractivity contribution in [3.05, 3.63) is 64.8 Å². The third-order valence-corrected chi connectivity index (χ3v) is 6.29. The fourth-order valence-electron chi connectivity index (χ4n) is 4.55. The Morgan fingerprint density at radius 3 is 2.45 bits per heavy atom. The Morgan fingerprint density at radius 1 is 1.09 bits per heavy atom. The van der Waals surface area contributed by atoms with Crippen LogP contribution in [0.5, 0.6) is 5.75 Å². The molecular formula is C26H32N2O5. The Labute approximate surface area is 194 Å². The van der Waals surface area contributed by atoms with Gasteiger partial charge in [0, 0.05) is 13.1 Å². The summed E-state index contributed by atoms with van der Waals surface area (Å²) in [6.45, 7) is 7.55. The second kappa shape index (κ2) is 10.3. The highest BCUT2D eigenvalue weighted by molar-refractivity contribution is 6.15. The number of amides is 1. The predicted molar refractivity (Wildman–Crippen MR) is 124 cm³/mol. The Bertz CT molecular complexity index is 1020. The van der Waals surface area contributed by atoms with Gasteiger partial charge in [0.25, 0.3) is 5.91 Å². The molecule has 1 atom stereocenters. The molecule has 1 saturated heterocycles. The first-order valence-corrected chi connectivity index (χ1v) is 11.8. The number of aliphatic hydroxyl groups is 1. The molecule has 1 aromatic heterocycles. The minimum Gasteiger partial charge on any atom is -0.503 e. The SMILES string of the molecule is CCCOc1ccc(C2C(C(=O)c3ccc(C)o3)=C(O)C(=O)N2CCN2CCCCC2)cc1. The summed E-state index contributed by atoms with van der Waals surface area (Å²) in [7, 11) is 0. The second-order valence-corrected chi connectivity index (χ2v) is 8.72. The summed E-state index contributed by atoms with van der Waals surface area (Å²) in [6.07, 6.45) is 4.45. The lowest BCUT2D eigenvalue weighted by atomic mass is 9.95. The molecule has 0 bridgehead atoms. The number of furan rings is 1. The van der Waals surface area contributed by atoms with Gasteiger partial charge in [-0.3, -0.25) is 9.59 Å². The number of hydrogen-bond donors (Lipinski definition) is 1. The molecule has 7 heteroatoms. The van der Waals surface area contributed by atoms with Crippen LogP contribution in [0.15, 0.2) is 52.1 Å². The van der Waals surface area contributed by atoms with Gasteiger partial charge in [-0.25, -0.2) is 0 Å². The highest BCUT2D eigenvalue weighted by Crippen LogP contribution is 2.39. The Morgan fingerprint density at radius 2 is 1.82 bits per heavy atom. The van der Waals surface area contributed by atoms with Crippen LogP contribution < -0.4 is 4.74 Å². The summed E-state index contributed by atoms with van der Waals surface area (Å²) in [5, 5.41) is 10.8. The van der Waals surface area contributed by atoms with Crippen LogP contribution in [0.3, 0.4) is 0 Å². The first-order valence-electron chi connectivity index (χ1n) is 11.8. The number of nitrogens with zero attached hydrogens (tertiary/aromatic N) is 2. The number of carbonyl (C=O) groups excluding carboxylic acids is 2. The Hall–Kier alpha value is -3.06. The number of ether oxygens (including phenoxy) is 1. The molecule has 1 unspecified atom stereocenters. The number of ketones is 1. The number of piperidine rings is 1. The van der Waals surface area contributed by atoms with Crippen LogP contribution in [-0.2, 0) is 4.79 Å². The van der Waals surface area contributed by atoms with Crippen molar-refractivity contribution in [1.29, 1.82) is 0 Å². The zero-order valence-electron chi connectivity index (χ0n) is 19.4. The fourth-order valence-corrected chi connectivity index (χ4v) is 4.55. The van der Waals surface area contributed by atoms with E-state index in [9.17, 15) is 14.7 Å². The van der Waals surface area contributed by atoms with Gasteiger partial charge in [-0.15, -0.1) is 0 Å². The average molecular weight is 453 g/mol. The van der Waals surface area contributed by atoms with Crippen molar-refractivity contribution in [2.24, 2.45) is 0 Å². The van der Waals surface area contributed by atoms with E-state index in [1.54, 1.807) is 24.0 Å². The normalized spacial score (nSPS) is 19.4. The van der Waals surface area contributed by atoms with E-state index >= 15 is 0 Å². The number of benzene rings is 1. The van der Waals surface area contributed by atoms with Gasteiger partial charge in [0.05, 0.1) is 18.2 Å². The minimum absolute atomic E-state index is 0.0650. The van der Waals surface area contributed by atoms with E-state index in [1.807, 2.05) is 31.2 Å². The number of Topliss-reactive ketones (excluding diaryl/α,β-unsaturated/α-hetero) is 1. The maximum Gasteiger partial charge on any atom is 0.290 e. The van der Waals surface area contributed by atoms with E-state index in [0.29, 0.717) is 25.5 Å². The smallest absolute Gasteiger partial charge is 0.290 e. The molecule has 7 nitrogen and oxygen atoms in total. The van der Waals surface area contributed by atoms with Gasteiger partial charge in [0.2, 0.25) is 5.78 Å². The van der Waals surface area contributed by atoms with E-state index < -0.39 is 23.5 Å². The lowest BCUT2D eigenvalue weighted by Gasteiger charge is -2.31. The summed E-state index contributed by atoms with van der Waals surface area (Å²) < 4.78 is 11.2. The lowest BCUT2D eigenvalue weighted by Crippen LogP contribution is -2.40. The average Bonchev–Trinajstić information content (AvgIpc) is 3.38. The molecule has 1 amide bonds. The van der Waals surface area contributed by atoms with Crippen molar-refractivity contribution >= 4 is 11.7 Å².